The highest BCUT2D eigenvalue weighted by molar-refractivity contribution is 6.74. The second kappa shape index (κ2) is 6.71. The number of aliphatic hydroxyl groups excluding tert-OH is 1. The van der Waals surface area contributed by atoms with Gasteiger partial charge in [0.2, 0.25) is 0 Å². The first kappa shape index (κ1) is 20.5. The van der Waals surface area contributed by atoms with E-state index in [9.17, 15) is 5.11 Å². The fraction of sp³-hybridized carbons (Fsp3) is 0.714. The second-order valence-electron chi connectivity index (χ2n) is 9.42. The molecule has 1 unspecified atom stereocenters. The van der Waals surface area contributed by atoms with Gasteiger partial charge in [-0.2, -0.15) is 0 Å². The average molecular weight is 365 g/mol. The van der Waals surface area contributed by atoms with Gasteiger partial charge in [-0.15, -0.1) is 0 Å². The number of benzene rings is 1. The first-order chi connectivity index (χ1) is 11.3. The Morgan fingerprint density at radius 3 is 2.24 bits per heavy atom. The third kappa shape index (κ3) is 3.81. The van der Waals surface area contributed by atoms with Crippen molar-refractivity contribution in [1.82, 2.24) is 0 Å². The molecule has 0 fully saturated rings. The topological polar surface area (TPSA) is 38.7 Å². The van der Waals surface area contributed by atoms with Gasteiger partial charge in [-0.3, -0.25) is 0 Å². The van der Waals surface area contributed by atoms with E-state index in [0.717, 1.165) is 18.6 Å². The highest BCUT2D eigenvalue weighted by Gasteiger charge is 2.38. The normalized spacial score (nSPS) is 21.0. The van der Waals surface area contributed by atoms with E-state index >= 15 is 0 Å². The number of hydrogen-bond acceptors (Lipinski definition) is 3. The number of ether oxygens (including phenoxy) is 1. The molecule has 1 heterocycles. The maximum absolute atomic E-state index is 9.67. The number of hydrogen-bond donors (Lipinski definition) is 1. The Bertz CT molecular complexity index is 658. The summed E-state index contributed by atoms with van der Waals surface area (Å²) in [4.78, 5) is 0. The lowest BCUT2D eigenvalue weighted by molar-refractivity contribution is 0.00723. The van der Waals surface area contributed by atoms with Crippen molar-refractivity contribution < 1.29 is 14.3 Å². The van der Waals surface area contributed by atoms with Crippen LogP contribution in [0.3, 0.4) is 0 Å². The van der Waals surface area contributed by atoms with E-state index in [1.165, 1.54) is 27.8 Å². The molecule has 1 aliphatic rings. The molecule has 1 aromatic rings. The molecule has 25 heavy (non-hydrogen) atoms. The predicted octanol–water partition coefficient (Wildman–Crippen LogP) is 5.21. The zero-order chi connectivity index (χ0) is 19.2. The summed E-state index contributed by atoms with van der Waals surface area (Å²) in [5.41, 5.74) is 5.90. The summed E-state index contributed by atoms with van der Waals surface area (Å²) in [5, 5.41) is 9.88. The SMILES string of the molecule is Cc1c(C)c2c(c(C)c1CO[Si](C)(C)C(C)(C)C)CCC(C)(CO)O2. The molecule has 0 bridgehead atoms. The van der Waals surface area contributed by atoms with Gasteiger partial charge in [0.05, 0.1) is 13.2 Å². The fourth-order valence-electron chi connectivity index (χ4n) is 3.18. The Balaban J connectivity index is 2.39. The average Bonchev–Trinajstić information content (AvgIpc) is 2.51. The van der Waals surface area contributed by atoms with Crippen molar-refractivity contribution in [1.29, 1.82) is 0 Å². The van der Waals surface area contributed by atoms with Gasteiger partial charge in [-0.25, -0.2) is 0 Å². The van der Waals surface area contributed by atoms with Crippen molar-refractivity contribution in [3.05, 3.63) is 27.8 Å². The van der Waals surface area contributed by atoms with Crippen LogP contribution in [0.15, 0.2) is 0 Å². The van der Waals surface area contributed by atoms with Crippen molar-refractivity contribution in [2.75, 3.05) is 6.61 Å². The summed E-state index contributed by atoms with van der Waals surface area (Å²) < 4.78 is 12.7. The molecule has 1 aromatic carbocycles. The molecule has 3 nitrogen and oxygen atoms in total. The third-order valence-corrected chi connectivity index (χ3v) is 11.0. The zero-order valence-corrected chi connectivity index (χ0v) is 18.6. The van der Waals surface area contributed by atoms with Crippen molar-refractivity contribution in [3.63, 3.8) is 0 Å². The predicted molar refractivity (Wildman–Crippen MR) is 107 cm³/mol. The van der Waals surface area contributed by atoms with Gasteiger partial charge in [0.15, 0.2) is 8.32 Å². The molecule has 0 aromatic heterocycles. The van der Waals surface area contributed by atoms with E-state index in [-0.39, 0.29) is 11.6 Å². The molecule has 1 atom stereocenters. The molecule has 0 amide bonds. The highest BCUT2D eigenvalue weighted by Crippen LogP contribution is 2.42. The van der Waals surface area contributed by atoms with Crippen LogP contribution in [0.5, 0.6) is 5.75 Å². The Labute approximate surface area is 154 Å². The zero-order valence-electron chi connectivity index (χ0n) is 17.6. The van der Waals surface area contributed by atoms with Crippen LogP contribution in [0, 0.1) is 20.8 Å². The molecular formula is C21H36O3Si. The molecule has 0 spiro atoms. The minimum atomic E-state index is -1.78. The monoisotopic (exact) mass is 364 g/mol. The summed E-state index contributed by atoms with van der Waals surface area (Å²) in [6.07, 6.45) is 1.80. The Kier molecular flexibility index (Phi) is 5.49. The van der Waals surface area contributed by atoms with E-state index < -0.39 is 13.9 Å². The van der Waals surface area contributed by atoms with Crippen LogP contribution in [0.4, 0.5) is 0 Å². The molecule has 0 radical (unpaired) electrons. The van der Waals surface area contributed by atoms with Gasteiger partial charge in [-0.1, -0.05) is 20.8 Å². The molecule has 0 saturated heterocycles. The minimum Gasteiger partial charge on any atom is -0.485 e. The van der Waals surface area contributed by atoms with Gasteiger partial charge in [0.1, 0.15) is 11.4 Å². The van der Waals surface area contributed by atoms with Gasteiger partial charge < -0.3 is 14.3 Å². The quantitative estimate of drug-likeness (QED) is 0.745. The van der Waals surface area contributed by atoms with Crippen LogP contribution in [-0.4, -0.2) is 25.6 Å². The number of fused-ring (bicyclic) bond motifs is 1. The van der Waals surface area contributed by atoms with Gasteiger partial charge in [0, 0.05) is 0 Å². The van der Waals surface area contributed by atoms with Crippen LogP contribution in [0.2, 0.25) is 18.1 Å². The van der Waals surface area contributed by atoms with Gasteiger partial charge >= 0.3 is 0 Å². The number of aliphatic hydroxyl groups is 1. The van der Waals surface area contributed by atoms with Crippen LogP contribution >= 0.6 is 0 Å². The summed E-state index contributed by atoms with van der Waals surface area (Å²) in [6.45, 7) is 20.7. The first-order valence-electron chi connectivity index (χ1n) is 9.38. The minimum absolute atomic E-state index is 0.0558. The van der Waals surface area contributed by atoms with E-state index in [1.807, 2.05) is 6.92 Å². The van der Waals surface area contributed by atoms with Crippen LogP contribution < -0.4 is 4.74 Å². The van der Waals surface area contributed by atoms with Crippen LogP contribution in [0.1, 0.15) is 61.9 Å². The number of rotatable bonds is 4. The lowest BCUT2D eigenvalue weighted by Gasteiger charge is -2.38. The molecule has 1 aliphatic heterocycles. The molecule has 0 saturated carbocycles. The van der Waals surface area contributed by atoms with Crippen molar-refractivity contribution in [2.24, 2.45) is 0 Å². The Morgan fingerprint density at radius 2 is 1.72 bits per heavy atom. The van der Waals surface area contributed by atoms with E-state index in [4.69, 9.17) is 9.16 Å². The Morgan fingerprint density at radius 1 is 1.12 bits per heavy atom. The van der Waals surface area contributed by atoms with Crippen molar-refractivity contribution in [3.8, 4) is 5.75 Å². The van der Waals surface area contributed by atoms with Crippen LogP contribution in [-0.2, 0) is 17.5 Å². The molecule has 0 aliphatic carbocycles. The third-order valence-electron chi connectivity index (χ3n) is 6.51. The molecule has 2 rings (SSSR count). The molecule has 1 N–H and O–H groups in total. The van der Waals surface area contributed by atoms with Gasteiger partial charge in [-0.05, 0) is 86.5 Å². The van der Waals surface area contributed by atoms with Crippen LogP contribution in [0.25, 0.3) is 0 Å². The van der Waals surface area contributed by atoms with Gasteiger partial charge in [0.25, 0.3) is 0 Å². The summed E-state index contributed by atoms with van der Waals surface area (Å²) in [5.74, 6) is 0.980. The van der Waals surface area contributed by atoms with E-state index in [2.05, 4.69) is 54.6 Å². The van der Waals surface area contributed by atoms with Crippen molar-refractivity contribution in [2.45, 2.75) is 91.6 Å². The van der Waals surface area contributed by atoms with E-state index in [0.29, 0.717) is 6.61 Å². The molecule has 4 heteroatoms. The maximum atomic E-state index is 9.67. The Hall–Kier alpha value is -0.843. The second-order valence-corrected chi connectivity index (χ2v) is 14.2. The summed E-state index contributed by atoms with van der Waals surface area (Å²) in [7, 11) is -1.78. The molecular weight excluding hydrogens is 328 g/mol. The lowest BCUT2D eigenvalue weighted by atomic mass is 9.85. The summed E-state index contributed by atoms with van der Waals surface area (Å²) in [6, 6.07) is 0. The fourth-order valence-corrected chi connectivity index (χ4v) is 4.12. The molecule has 142 valence electrons. The smallest absolute Gasteiger partial charge is 0.192 e. The standard InChI is InChI=1S/C21H36O3Si/c1-14-15(2)19-17(10-11-21(7,13-22)24-19)16(3)18(14)12-23-25(8,9)20(4,5)6/h22H,10-13H2,1-9H3. The van der Waals surface area contributed by atoms with E-state index in [1.54, 1.807) is 0 Å². The first-order valence-corrected chi connectivity index (χ1v) is 12.3. The highest BCUT2D eigenvalue weighted by atomic mass is 28.4. The maximum Gasteiger partial charge on any atom is 0.192 e. The lowest BCUT2D eigenvalue weighted by Crippen LogP contribution is -2.41. The largest absolute Gasteiger partial charge is 0.485 e. The summed E-state index contributed by atoms with van der Waals surface area (Å²) >= 11 is 0. The van der Waals surface area contributed by atoms with Crippen molar-refractivity contribution >= 4 is 8.32 Å².